The first-order chi connectivity index (χ1) is 13.9. The molecule has 1 aliphatic rings. The number of benzene rings is 2. The van der Waals surface area contributed by atoms with E-state index in [1.807, 2.05) is 0 Å². The second-order valence-corrected chi connectivity index (χ2v) is 11.8. The van der Waals surface area contributed by atoms with Gasteiger partial charge in [0.05, 0.1) is 0 Å². The first-order valence-electron chi connectivity index (χ1n) is 11.2. The SMILES string of the molecule is Bc1cc2c(cc1I)C(CCCCCC)(CCCCCC)c1cc(I)c(Br)cc1-2. The van der Waals surface area contributed by atoms with Gasteiger partial charge in [-0.1, -0.05) is 76.7 Å². The number of unbranched alkanes of at least 4 members (excludes halogenated alkanes) is 6. The second-order valence-electron chi connectivity index (χ2n) is 8.66. The molecule has 4 heteroatoms. The Labute approximate surface area is 214 Å². The molecule has 0 saturated heterocycles. The van der Waals surface area contributed by atoms with Crippen LogP contribution >= 0.6 is 61.1 Å². The third-order valence-corrected chi connectivity index (χ3v) is 10.0. The van der Waals surface area contributed by atoms with Gasteiger partial charge in [-0.05, 0) is 114 Å². The Balaban J connectivity index is 2.11. The Morgan fingerprint density at radius 3 is 1.83 bits per heavy atom. The molecule has 0 amide bonds. The zero-order chi connectivity index (χ0) is 21.0. The van der Waals surface area contributed by atoms with Crippen LogP contribution in [0.15, 0.2) is 28.7 Å². The van der Waals surface area contributed by atoms with Crippen molar-refractivity contribution in [1.82, 2.24) is 0 Å². The van der Waals surface area contributed by atoms with Crippen LogP contribution in [0.3, 0.4) is 0 Å². The fourth-order valence-electron chi connectivity index (χ4n) is 4.98. The number of rotatable bonds is 10. The van der Waals surface area contributed by atoms with E-state index in [-0.39, 0.29) is 5.41 Å². The van der Waals surface area contributed by atoms with Gasteiger partial charge in [-0.3, -0.25) is 0 Å². The summed E-state index contributed by atoms with van der Waals surface area (Å²) in [6.07, 6.45) is 13.3. The first-order valence-corrected chi connectivity index (χ1v) is 14.2. The standard InChI is InChI=1S/C25H32BBrI2/c1-3-5-7-9-11-25(12-10-8-6-4-2)19-15-23(28)21(26)13-17(19)18-14-22(27)24(29)16-20(18)25/h13-16H,3-12,26H2,1-2H3. The lowest BCUT2D eigenvalue weighted by Gasteiger charge is -2.33. The minimum atomic E-state index is 0.195. The molecule has 0 unspecified atom stereocenters. The summed E-state index contributed by atoms with van der Waals surface area (Å²) in [4.78, 5) is 0. The summed E-state index contributed by atoms with van der Waals surface area (Å²) in [7, 11) is 2.26. The summed E-state index contributed by atoms with van der Waals surface area (Å²) < 4.78 is 3.98. The van der Waals surface area contributed by atoms with Crippen molar-refractivity contribution >= 4 is 74.4 Å². The second kappa shape index (κ2) is 10.8. The van der Waals surface area contributed by atoms with Crippen LogP contribution in [0.25, 0.3) is 11.1 Å². The van der Waals surface area contributed by atoms with E-state index >= 15 is 0 Å². The van der Waals surface area contributed by atoms with Crippen molar-refractivity contribution in [3.8, 4) is 11.1 Å². The monoisotopic (exact) mass is 676 g/mol. The average molecular weight is 677 g/mol. The fourth-order valence-corrected chi connectivity index (χ4v) is 6.26. The maximum Gasteiger partial charge on any atom is 0.140 e. The molecule has 2 aromatic rings. The highest BCUT2D eigenvalue weighted by Gasteiger charge is 2.42. The summed E-state index contributed by atoms with van der Waals surface area (Å²) in [5, 5.41) is 0. The Morgan fingerprint density at radius 1 is 0.759 bits per heavy atom. The fraction of sp³-hybridized carbons (Fsp3) is 0.520. The molecular weight excluding hydrogens is 645 g/mol. The van der Waals surface area contributed by atoms with Crippen LogP contribution in [0.4, 0.5) is 0 Å². The number of hydrogen-bond donors (Lipinski definition) is 0. The van der Waals surface area contributed by atoms with E-state index in [0.29, 0.717) is 0 Å². The van der Waals surface area contributed by atoms with Gasteiger partial charge in [-0.2, -0.15) is 0 Å². The maximum absolute atomic E-state index is 3.81. The van der Waals surface area contributed by atoms with Crippen molar-refractivity contribution in [2.24, 2.45) is 0 Å². The van der Waals surface area contributed by atoms with Gasteiger partial charge < -0.3 is 0 Å². The predicted molar refractivity (Wildman–Crippen MR) is 151 cm³/mol. The molecule has 0 spiro atoms. The number of hydrogen-bond acceptors (Lipinski definition) is 0. The number of fused-ring (bicyclic) bond motifs is 3. The van der Waals surface area contributed by atoms with Gasteiger partial charge in [0.1, 0.15) is 7.85 Å². The summed E-state index contributed by atoms with van der Waals surface area (Å²) in [6.45, 7) is 4.62. The zero-order valence-corrected chi connectivity index (χ0v) is 23.9. The van der Waals surface area contributed by atoms with Gasteiger partial charge in [0.25, 0.3) is 0 Å². The van der Waals surface area contributed by atoms with E-state index in [9.17, 15) is 0 Å². The van der Waals surface area contributed by atoms with E-state index < -0.39 is 0 Å². The third-order valence-electron chi connectivity index (χ3n) is 6.59. The minimum Gasteiger partial charge on any atom is -0.0752 e. The molecule has 2 aromatic carbocycles. The van der Waals surface area contributed by atoms with Gasteiger partial charge in [-0.25, -0.2) is 0 Å². The van der Waals surface area contributed by atoms with Gasteiger partial charge in [0.2, 0.25) is 0 Å². The minimum absolute atomic E-state index is 0.195. The van der Waals surface area contributed by atoms with Crippen LogP contribution in [0.5, 0.6) is 0 Å². The Morgan fingerprint density at radius 2 is 1.28 bits per heavy atom. The van der Waals surface area contributed by atoms with Crippen molar-refractivity contribution in [2.75, 3.05) is 0 Å². The highest BCUT2D eigenvalue weighted by Crippen LogP contribution is 2.55. The molecule has 0 N–H and O–H groups in total. The zero-order valence-electron chi connectivity index (χ0n) is 18.0. The molecule has 156 valence electrons. The molecule has 0 atom stereocenters. The summed E-state index contributed by atoms with van der Waals surface area (Å²) in [5.74, 6) is 0. The third kappa shape index (κ3) is 5.10. The Kier molecular flexibility index (Phi) is 9.01. The van der Waals surface area contributed by atoms with Gasteiger partial charge in [0.15, 0.2) is 0 Å². The lowest BCUT2D eigenvalue weighted by molar-refractivity contribution is 0.400. The van der Waals surface area contributed by atoms with E-state index in [1.54, 1.807) is 11.1 Å². The predicted octanol–water partition coefficient (Wildman–Crippen LogP) is 8.12. The summed E-state index contributed by atoms with van der Waals surface area (Å²) >= 11 is 8.85. The van der Waals surface area contributed by atoms with Crippen molar-refractivity contribution in [3.05, 3.63) is 47.0 Å². The lowest BCUT2D eigenvalue weighted by atomic mass is 9.70. The van der Waals surface area contributed by atoms with E-state index in [2.05, 4.69) is 107 Å². The molecular formula is C25H32BBrI2. The molecule has 29 heavy (non-hydrogen) atoms. The van der Waals surface area contributed by atoms with Crippen molar-refractivity contribution in [3.63, 3.8) is 0 Å². The molecule has 3 rings (SSSR count). The molecule has 0 nitrogen and oxygen atoms in total. The summed E-state index contributed by atoms with van der Waals surface area (Å²) in [6, 6.07) is 9.85. The van der Waals surface area contributed by atoms with E-state index in [0.717, 1.165) is 0 Å². The normalized spacial score (nSPS) is 14.1. The largest absolute Gasteiger partial charge is 0.140 e. The smallest absolute Gasteiger partial charge is 0.0752 e. The molecule has 0 aromatic heterocycles. The van der Waals surface area contributed by atoms with Crippen LogP contribution in [-0.4, -0.2) is 7.85 Å². The van der Waals surface area contributed by atoms with Crippen LogP contribution in [-0.2, 0) is 5.41 Å². The number of halogens is 3. The van der Waals surface area contributed by atoms with Gasteiger partial charge >= 0.3 is 0 Å². The van der Waals surface area contributed by atoms with E-state index in [4.69, 9.17) is 0 Å². The van der Waals surface area contributed by atoms with E-state index in [1.165, 1.54) is 92.4 Å². The van der Waals surface area contributed by atoms with Gasteiger partial charge in [-0.15, -0.1) is 0 Å². The highest BCUT2D eigenvalue weighted by molar-refractivity contribution is 14.1. The molecule has 1 aliphatic carbocycles. The molecule has 0 saturated carbocycles. The molecule has 0 aliphatic heterocycles. The lowest BCUT2D eigenvalue weighted by Crippen LogP contribution is -2.26. The molecule has 0 fully saturated rings. The Bertz CT molecular complexity index is 791. The van der Waals surface area contributed by atoms with Gasteiger partial charge in [0, 0.05) is 17.0 Å². The first kappa shape index (κ1) is 24.1. The van der Waals surface area contributed by atoms with Crippen LogP contribution in [0.1, 0.15) is 89.2 Å². The quantitative estimate of drug-likeness (QED) is 0.136. The molecule has 0 bridgehead atoms. The topological polar surface area (TPSA) is 0 Å². The Hall–Kier alpha value is 0.445. The summed E-state index contributed by atoms with van der Waals surface area (Å²) in [5.41, 5.74) is 7.75. The maximum atomic E-state index is 3.81. The van der Waals surface area contributed by atoms with Crippen molar-refractivity contribution < 1.29 is 0 Å². The van der Waals surface area contributed by atoms with Crippen LogP contribution in [0, 0.1) is 7.14 Å². The average Bonchev–Trinajstić information content (AvgIpc) is 2.93. The molecule has 0 heterocycles. The molecule has 0 radical (unpaired) electrons. The van der Waals surface area contributed by atoms with Crippen molar-refractivity contribution in [2.45, 2.75) is 83.5 Å². The highest BCUT2D eigenvalue weighted by atomic mass is 127. The van der Waals surface area contributed by atoms with Crippen LogP contribution < -0.4 is 5.46 Å². The van der Waals surface area contributed by atoms with Crippen molar-refractivity contribution in [1.29, 1.82) is 0 Å². The van der Waals surface area contributed by atoms with Crippen LogP contribution in [0.2, 0.25) is 0 Å².